The first-order valence-corrected chi connectivity index (χ1v) is 8.89. The third-order valence-electron chi connectivity index (χ3n) is 4.09. The number of benzene rings is 2. The molecule has 0 N–H and O–H groups in total. The predicted octanol–water partition coefficient (Wildman–Crippen LogP) is 5.43. The van der Waals surface area contributed by atoms with Crippen molar-refractivity contribution in [1.29, 1.82) is 0 Å². The second kappa shape index (κ2) is 6.51. The Balaban J connectivity index is 2.06. The van der Waals surface area contributed by atoms with E-state index in [2.05, 4.69) is 32.0 Å². The lowest BCUT2D eigenvalue weighted by Gasteiger charge is -2.22. The van der Waals surface area contributed by atoms with Crippen molar-refractivity contribution in [2.75, 3.05) is 0 Å². The van der Waals surface area contributed by atoms with E-state index in [-0.39, 0.29) is 0 Å². The van der Waals surface area contributed by atoms with E-state index in [9.17, 15) is 0 Å². The number of hydrogen-bond donors (Lipinski definition) is 1. The van der Waals surface area contributed by atoms with E-state index in [1.54, 1.807) is 0 Å². The smallest absolute Gasteiger partial charge is 0.241 e. The molecule has 2 unspecified atom stereocenters. The zero-order valence-corrected chi connectivity index (χ0v) is 16.5. The van der Waals surface area contributed by atoms with Crippen LogP contribution < -0.4 is 0 Å². The predicted molar refractivity (Wildman–Crippen MR) is 104 cm³/mol. The summed E-state index contributed by atoms with van der Waals surface area (Å²) in [6, 6.07) is 11.7. The van der Waals surface area contributed by atoms with Gasteiger partial charge in [-0.1, -0.05) is 35.0 Å². The van der Waals surface area contributed by atoms with Gasteiger partial charge >= 0.3 is 0 Å². The first kappa shape index (κ1) is 17.5. The Hall–Kier alpha value is -1.35. The maximum atomic E-state index is 6.31. The molecule has 3 aromatic rings. The molecule has 1 aromatic heterocycles. The van der Waals surface area contributed by atoms with Crippen LogP contribution in [-0.2, 0) is 5.16 Å². The van der Waals surface area contributed by atoms with E-state index in [0.717, 1.165) is 27.1 Å². The minimum absolute atomic E-state index is 0.494. The molecular weight excluding hydrogens is 359 g/mol. The molecule has 0 bridgehead atoms. The van der Waals surface area contributed by atoms with Crippen LogP contribution in [0, 0.1) is 13.8 Å². The van der Waals surface area contributed by atoms with Crippen LogP contribution in [0.2, 0.25) is 5.02 Å². The normalized spacial score (nSPS) is 13.8. The van der Waals surface area contributed by atoms with Gasteiger partial charge in [0.1, 0.15) is 0 Å². The van der Waals surface area contributed by atoms with Crippen molar-refractivity contribution in [3.8, 4) is 11.4 Å². The lowest BCUT2D eigenvalue weighted by atomic mass is 9.95. The van der Waals surface area contributed by atoms with Crippen molar-refractivity contribution in [1.82, 2.24) is 10.1 Å². The maximum Gasteiger partial charge on any atom is 0.241 e. The number of rotatable bonds is 3. The third-order valence-corrected chi connectivity index (χ3v) is 5.24. The van der Waals surface area contributed by atoms with Crippen LogP contribution in [0.1, 0.15) is 29.5 Å². The SMILES string of the molecule is Cc1cc(S)ccc1C(C)(P)c1nc(-c2c(C)cccc2Cl)no1. The quantitative estimate of drug-likeness (QED) is 0.489. The highest BCUT2D eigenvalue weighted by Crippen LogP contribution is 2.40. The van der Waals surface area contributed by atoms with Crippen molar-refractivity contribution < 1.29 is 4.52 Å². The van der Waals surface area contributed by atoms with Crippen LogP contribution in [0.3, 0.4) is 0 Å². The van der Waals surface area contributed by atoms with Gasteiger partial charge in [0.05, 0.1) is 10.2 Å². The van der Waals surface area contributed by atoms with Gasteiger partial charge in [-0.2, -0.15) is 4.98 Å². The Morgan fingerprint density at radius 3 is 2.58 bits per heavy atom. The molecule has 3 nitrogen and oxygen atoms in total. The Kier molecular flexibility index (Phi) is 4.74. The molecule has 6 heteroatoms. The number of thiol groups is 1. The van der Waals surface area contributed by atoms with Crippen LogP contribution in [0.5, 0.6) is 0 Å². The summed E-state index contributed by atoms with van der Waals surface area (Å²) >= 11 is 10.7. The molecule has 0 saturated heterocycles. The van der Waals surface area contributed by atoms with Crippen LogP contribution in [0.25, 0.3) is 11.4 Å². The van der Waals surface area contributed by atoms with Gasteiger partial charge in [0.25, 0.3) is 0 Å². The summed E-state index contributed by atoms with van der Waals surface area (Å²) in [5.41, 5.74) is 4.03. The second-order valence-corrected chi connectivity index (χ2v) is 8.13. The monoisotopic (exact) mass is 376 g/mol. The molecule has 124 valence electrons. The molecule has 0 saturated carbocycles. The van der Waals surface area contributed by atoms with Crippen LogP contribution in [0.4, 0.5) is 0 Å². The summed E-state index contributed by atoms with van der Waals surface area (Å²) in [6.45, 7) is 6.06. The van der Waals surface area contributed by atoms with Crippen molar-refractivity contribution >= 4 is 33.5 Å². The summed E-state index contributed by atoms with van der Waals surface area (Å²) in [6.07, 6.45) is 0. The van der Waals surface area contributed by atoms with Crippen LogP contribution >= 0.6 is 33.5 Å². The molecule has 1 heterocycles. The standard InChI is InChI=1S/C18H18ClN2OPS/c1-10-5-4-6-14(19)15(10)16-20-17(22-21-16)18(3,23)13-8-7-12(24)9-11(13)2/h4-9,24H,23H2,1-3H3. The van der Waals surface area contributed by atoms with E-state index in [0.29, 0.717) is 16.7 Å². The van der Waals surface area contributed by atoms with Gasteiger partial charge in [0.15, 0.2) is 0 Å². The second-order valence-electron chi connectivity index (χ2n) is 6.06. The fourth-order valence-corrected chi connectivity index (χ4v) is 3.81. The van der Waals surface area contributed by atoms with E-state index in [1.165, 1.54) is 0 Å². The van der Waals surface area contributed by atoms with Crippen molar-refractivity contribution in [2.45, 2.75) is 30.8 Å². The average molecular weight is 377 g/mol. The maximum absolute atomic E-state index is 6.31. The van der Waals surface area contributed by atoms with Crippen molar-refractivity contribution in [3.63, 3.8) is 0 Å². The number of hydrogen-bond acceptors (Lipinski definition) is 4. The highest BCUT2D eigenvalue weighted by Gasteiger charge is 2.32. The fourth-order valence-electron chi connectivity index (χ4n) is 2.80. The minimum Gasteiger partial charge on any atom is -0.338 e. The summed E-state index contributed by atoms with van der Waals surface area (Å²) in [7, 11) is 2.82. The van der Waals surface area contributed by atoms with Gasteiger partial charge in [-0.05, 0) is 55.7 Å². The molecular formula is C18H18ClN2OPS. The molecule has 0 radical (unpaired) electrons. The lowest BCUT2D eigenvalue weighted by molar-refractivity contribution is 0.361. The number of halogens is 1. The van der Waals surface area contributed by atoms with Crippen LogP contribution in [-0.4, -0.2) is 10.1 Å². The summed E-state index contributed by atoms with van der Waals surface area (Å²) in [5.74, 6) is 1.03. The topological polar surface area (TPSA) is 38.9 Å². The van der Waals surface area contributed by atoms with Crippen molar-refractivity contribution in [2.24, 2.45) is 0 Å². The van der Waals surface area contributed by atoms with Gasteiger partial charge in [0, 0.05) is 10.5 Å². The number of aryl methyl sites for hydroxylation is 2. The van der Waals surface area contributed by atoms with Gasteiger partial charge in [-0.15, -0.1) is 21.9 Å². The zero-order valence-electron chi connectivity index (χ0n) is 13.7. The van der Waals surface area contributed by atoms with Crippen molar-refractivity contribution in [3.05, 3.63) is 64.0 Å². The molecule has 3 rings (SSSR count). The highest BCUT2D eigenvalue weighted by molar-refractivity contribution is 7.80. The lowest BCUT2D eigenvalue weighted by Crippen LogP contribution is -2.17. The average Bonchev–Trinajstić information content (AvgIpc) is 2.97. The van der Waals surface area contributed by atoms with Gasteiger partial charge < -0.3 is 4.52 Å². The third kappa shape index (κ3) is 3.11. The zero-order chi connectivity index (χ0) is 17.5. The van der Waals surface area contributed by atoms with Crippen LogP contribution in [0.15, 0.2) is 45.8 Å². The Bertz CT molecular complexity index is 888. The molecule has 0 amide bonds. The summed E-state index contributed by atoms with van der Waals surface area (Å²) in [4.78, 5) is 5.54. The molecule has 0 aliphatic rings. The number of nitrogens with zero attached hydrogens (tertiary/aromatic N) is 2. The number of aromatic nitrogens is 2. The van der Waals surface area contributed by atoms with E-state index >= 15 is 0 Å². The molecule has 2 atom stereocenters. The molecule has 0 fully saturated rings. The van der Waals surface area contributed by atoms with E-state index < -0.39 is 5.16 Å². The summed E-state index contributed by atoms with van der Waals surface area (Å²) < 4.78 is 5.57. The molecule has 0 aliphatic heterocycles. The Morgan fingerprint density at radius 2 is 1.92 bits per heavy atom. The minimum atomic E-state index is -0.494. The fraction of sp³-hybridized carbons (Fsp3) is 0.222. The molecule has 0 spiro atoms. The highest BCUT2D eigenvalue weighted by atomic mass is 35.5. The molecule has 2 aromatic carbocycles. The molecule has 24 heavy (non-hydrogen) atoms. The summed E-state index contributed by atoms with van der Waals surface area (Å²) in [5, 5.41) is 4.27. The first-order chi connectivity index (χ1) is 11.3. The molecule has 0 aliphatic carbocycles. The first-order valence-electron chi connectivity index (χ1n) is 7.49. The van der Waals surface area contributed by atoms with E-state index in [1.807, 2.05) is 57.2 Å². The van der Waals surface area contributed by atoms with Gasteiger partial charge in [0.2, 0.25) is 11.7 Å². The Morgan fingerprint density at radius 1 is 1.17 bits per heavy atom. The van der Waals surface area contributed by atoms with Gasteiger partial charge in [-0.3, -0.25) is 0 Å². The Labute approximate surface area is 154 Å². The van der Waals surface area contributed by atoms with E-state index in [4.69, 9.17) is 16.1 Å². The van der Waals surface area contributed by atoms with Gasteiger partial charge in [-0.25, -0.2) is 0 Å². The largest absolute Gasteiger partial charge is 0.338 e.